The molecule has 0 saturated carbocycles. The summed E-state index contributed by atoms with van der Waals surface area (Å²) in [5, 5.41) is 4.94. The van der Waals surface area contributed by atoms with Crippen molar-refractivity contribution in [2.45, 2.75) is 25.1 Å². The number of hydrogen-bond donors (Lipinski definition) is 1. The van der Waals surface area contributed by atoms with Crippen LogP contribution in [0.4, 0.5) is 17.6 Å². The summed E-state index contributed by atoms with van der Waals surface area (Å²) >= 11 is 11.4. The number of alkyl halides is 3. The first-order chi connectivity index (χ1) is 14.0. The lowest BCUT2D eigenvalue weighted by Gasteiger charge is -2.29. The lowest BCUT2D eigenvalue weighted by Crippen LogP contribution is -2.42. The van der Waals surface area contributed by atoms with E-state index in [1.54, 1.807) is 6.92 Å². The molecule has 0 radical (unpaired) electrons. The van der Waals surface area contributed by atoms with E-state index in [-0.39, 0.29) is 5.71 Å². The SMILES string of the molecule is C=CNC(=O)c1ccc(C2=NO[C@@](c3cc(Cl)c(F)c(Cl)c3)(C(F)(F)F)C2)cc1C. The smallest absolute Gasteiger partial charge is 0.374 e. The number of hydrogen-bond acceptors (Lipinski definition) is 3. The second-order valence-corrected chi connectivity index (χ2v) is 7.41. The Bertz CT molecular complexity index is 1050. The fourth-order valence-electron chi connectivity index (χ4n) is 3.12. The summed E-state index contributed by atoms with van der Waals surface area (Å²) in [5.41, 5.74) is -2.15. The predicted molar refractivity (Wildman–Crippen MR) is 105 cm³/mol. The molecule has 1 aliphatic rings. The molecule has 1 atom stereocenters. The van der Waals surface area contributed by atoms with Crippen molar-refractivity contribution in [3.63, 3.8) is 0 Å². The summed E-state index contributed by atoms with van der Waals surface area (Å²) in [5.74, 6) is -1.43. The topological polar surface area (TPSA) is 50.7 Å². The zero-order valence-electron chi connectivity index (χ0n) is 15.4. The third kappa shape index (κ3) is 3.77. The van der Waals surface area contributed by atoms with Gasteiger partial charge in [0.1, 0.15) is 0 Å². The van der Waals surface area contributed by atoms with Crippen LogP contribution in [0.2, 0.25) is 10.0 Å². The molecule has 0 unspecified atom stereocenters. The molecule has 1 N–H and O–H groups in total. The second-order valence-electron chi connectivity index (χ2n) is 6.59. The van der Waals surface area contributed by atoms with Crippen LogP contribution >= 0.6 is 23.2 Å². The first kappa shape index (κ1) is 22.1. The number of nitrogens with one attached hydrogen (secondary N) is 1. The number of rotatable bonds is 4. The van der Waals surface area contributed by atoms with Gasteiger partial charge in [-0.3, -0.25) is 4.79 Å². The quantitative estimate of drug-likeness (QED) is 0.456. The van der Waals surface area contributed by atoms with Crippen LogP contribution in [0.3, 0.4) is 0 Å². The summed E-state index contributed by atoms with van der Waals surface area (Å²) in [7, 11) is 0. The van der Waals surface area contributed by atoms with Crippen molar-refractivity contribution in [2.75, 3.05) is 0 Å². The molecule has 0 saturated heterocycles. The molecule has 10 heteroatoms. The highest BCUT2D eigenvalue weighted by Gasteiger charge is 2.62. The molecule has 1 aliphatic heterocycles. The minimum absolute atomic E-state index is 0.00248. The molecule has 3 rings (SSSR count). The number of amides is 1. The molecular weight excluding hydrogens is 447 g/mol. The van der Waals surface area contributed by atoms with E-state index in [0.717, 1.165) is 12.1 Å². The molecule has 0 aliphatic carbocycles. The summed E-state index contributed by atoms with van der Waals surface area (Å²) in [4.78, 5) is 16.9. The molecule has 1 heterocycles. The van der Waals surface area contributed by atoms with Gasteiger partial charge in [-0.05, 0) is 48.5 Å². The number of oxime groups is 1. The van der Waals surface area contributed by atoms with Gasteiger partial charge in [-0.2, -0.15) is 13.2 Å². The summed E-state index contributed by atoms with van der Waals surface area (Å²) in [6.07, 6.45) is -4.37. The Balaban J connectivity index is 2.00. The lowest BCUT2D eigenvalue weighted by atomic mass is 9.86. The van der Waals surface area contributed by atoms with Gasteiger partial charge in [0, 0.05) is 17.5 Å². The minimum Gasteiger partial charge on any atom is -0.374 e. The van der Waals surface area contributed by atoms with Crippen LogP contribution in [-0.4, -0.2) is 17.8 Å². The molecular formula is C20H14Cl2F4N2O2. The van der Waals surface area contributed by atoms with E-state index in [1.807, 2.05) is 0 Å². The molecule has 0 bridgehead atoms. The molecule has 158 valence electrons. The molecule has 4 nitrogen and oxygen atoms in total. The fraction of sp³-hybridized carbons (Fsp3) is 0.200. The van der Waals surface area contributed by atoms with Crippen molar-refractivity contribution in [3.05, 3.63) is 81.2 Å². The Morgan fingerprint density at radius 2 is 1.90 bits per heavy atom. The second kappa shape index (κ2) is 7.92. The van der Waals surface area contributed by atoms with Crippen molar-refractivity contribution < 1.29 is 27.2 Å². The molecule has 0 fully saturated rings. The fourth-order valence-corrected chi connectivity index (χ4v) is 3.60. The Hall–Kier alpha value is -2.58. The first-order valence-corrected chi connectivity index (χ1v) is 9.25. The minimum atomic E-state index is -4.90. The number of nitrogens with zero attached hydrogens (tertiary/aromatic N) is 1. The monoisotopic (exact) mass is 460 g/mol. The van der Waals surface area contributed by atoms with Gasteiger partial charge in [-0.15, -0.1) is 0 Å². The van der Waals surface area contributed by atoms with Crippen LogP contribution in [0.5, 0.6) is 0 Å². The number of carbonyl (C=O) groups is 1. The van der Waals surface area contributed by atoms with E-state index < -0.39 is 45.5 Å². The highest BCUT2D eigenvalue weighted by molar-refractivity contribution is 6.35. The number of halogens is 6. The molecule has 0 spiro atoms. The highest BCUT2D eigenvalue weighted by Crippen LogP contribution is 2.50. The zero-order valence-corrected chi connectivity index (χ0v) is 16.9. The molecule has 0 aromatic heterocycles. The van der Waals surface area contributed by atoms with Gasteiger partial charge < -0.3 is 10.2 Å². The Morgan fingerprint density at radius 3 is 2.43 bits per heavy atom. The third-order valence-corrected chi connectivity index (χ3v) is 5.22. The summed E-state index contributed by atoms with van der Waals surface area (Å²) < 4.78 is 55.9. The van der Waals surface area contributed by atoms with Crippen molar-refractivity contribution >= 4 is 34.8 Å². The van der Waals surface area contributed by atoms with Gasteiger partial charge in [0.05, 0.1) is 15.8 Å². The lowest BCUT2D eigenvalue weighted by molar-refractivity contribution is -0.275. The van der Waals surface area contributed by atoms with Gasteiger partial charge >= 0.3 is 6.18 Å². The van der Waals surface area contributed by atoms with Gasteiger partial charge in [-0.25, -0.2) is 4.39 Å². The third-order valence-electron chi connectivity index (χ3n) is 4.67. The molecule has 1 amide bonds. The average molecular weight is 461 g/mol. The maximum Gasteiger partial charge on any atom is 0.435 e. The Kier molecular flexibility index (Phi) is 5.84. The largest absolute Gasteiger partial charge is 0.435 e. The highest BCUT2D eigenvalue weighted by atomic mass is 35.5. The predicted octanol–water partition coefficient (Wildman–Crippen LogP) is 5.90. The van der Waals surface area contributed by atoms with E-state index in [1.165, 1.54) is 24.4 Å². The van der Waals surface area contributed by atoms with E-state index in [2.05, 4.69) is 17.1 Å². The zero-order chi connectivity index (χ0) is 22.3. The van der Waals surface area contributed by atoms with Gasteiger partial charge in [-0.1, -0.05) is 41.0 Å². The summed E-state index contributed by atoms with van der Waals surface area (Å²) in [6, 6.07) is 6.10. The van der Waals surface area contributed by atoms with Gasteiger partial charge in [0.25, 0.3) is 11.5 Å². The van der Waals surface area contributed by atoms with E-state index in [9.17, 15) is 22.4 Å². The number of aryl methyl sites for hydroxylation is 1. The first-order valence-electron chi connectivity index (χ1n) is 8.50. The van der Waals surface area contributed by atoms with Crippen LogP contribution in [-0.2, 0) is 10.4 Å². The average Bonchev–Trinajstić information content (AvgIpc) is 3.12. The molecule has 2 aromatic rings. The Labute approximate surface area is 179 Å². The number of carbonyl (C=O) groups excluding carboxylic acids is 1. The summed E-state index contributed by atoms with van der Waals surface area (Å²) in [6.45, 7) is 5.04. The van der Waals surface area contributed by atoms with Crippen LogP contribution in [0, 0.1) is 12.7 Å². The molecule has 30 heavy (non-hydrogen) atoms. The van der Waals surface area contributed by atoms with Crippen molar-refractivity contribution in [1.82, 2.24) is 5.32 Å². The van der Waals surface area contributed by atoms with E-state index >= 15 is 0 Å². The normalized spacial score (nSPS) is 18.6. The van der Waals surface area contributed by atoms with E-state index in [4.69, 9.17) is 28.0 Å². The van der Waals surface area contributed by atoms with Crippen LogP contribution < -0.4 is 5.32 Å². The van der Waals surface area contributed by atoms with Gasteiger partial charge in [0.15, 0.2) is 5.82 Å². The van der Waals surface area contributed by atoms with E-state index in [0.29, 0.717) is 16.7 Å². The van der Waals surface area contributed by atoms with Gasteiger partial charge in [0.2, 0.25) is 0 Å². The van der Waals surface area contributed by atoms with Crippen molar-refractivity contribution in [1.29, 1.82) is 0 Å². The maximum absolute atomic E-state index is 14.0. The van der Waals surface area contributed by atoms with Crippen LogP contribution in [0.15, 0.2) is 48.3 Å². The molecule has 2 aromatic carbocycles. The standard InChI is InChI=1S/C20H14Cl2F4N2O2/c1-3-27-18(29)13-5-4-11(6-10(13)2)16-9-19(30-28-16,20(24,25)26)12-7-14(21)17(23)15(22)8-12/h3-8H,1,9H2,2H3,(H,27,29)/t19-/m0/s1. The maximum atomic E-state index is 14.0. The number of benzene rings is 2. The van der Waals surface area contributed by atoms with Crippen molar-refractivity contribution in [2.24, 2.45) is 5.16 Å². The van der Waals surface area contributed by atoms with Crippen molar-refractivity contribution in [3.8, 4) is 0 Å². The van der Waals surface area contributed by atoms with Crippen LogP contribution in [0.1, 0.15) is 33.5 Å². The van der Waals surface area contributed by atoms with Crippen LogP contribution in [0.25, 0.3) is 0 Å². The Morgan fingerprint density at radius 1 is 1.27 bits per heavy atom.